The van der Waals surface area contributed by atoms with E-state index < -0.39 is 0 Å². The molecule has 0 saturated heterocycles. The van der Waals surface area contributed by atoms with E-state index in [1.807, 2.05) is 18.2 Å². The first-order valence-corrected chi connectivity index (χ1v) is 6.73. The second kappa shape index (κ2) is 4.96. The number of fused-ring (bicyclic) bond motifs is 1. The molecule has 1 aliphatic rings. The van der Waals surface area contributed by atoms with Crippen molar-refractivity contribution in [2.75, 3.05) is 0 Å². The predicted molar refractivity (Wildman–Crippen MR) is 73.0 cm³/mol. The monoisotopic (exact) mass is 256 g/mol. The van der Waals surface area contributed by atoms with Gasteiger partial charge in [0.1, 0.15) is 6.54 Å². The van der Waals surface area contributed by atoms with E-state index in [2.05, 4.69) is 5.10 Å². The molecule has 0 N–H and O–H groups in total. The van der Waals surface area contributed by atoms with Gasteiger partial charge in [-0.15, -0.1) is 0 Å². The molecule has 2 aromatic rings. The normalized spacial score (nSPS) is 16.0. The Bertz CT molecular complexity index is 669. The van der Waals surface area contributed by atoms with Crippen molar-refractivity contribution < 1.29 is 4.79 Å². The second-order valence-electron chi connectivity index (χ2n) is 5.13. The van der Waals surface area contributed by atoms with Gasteiger partial charge in [-0.3, -0.25) is 14.3 Å². The molecule has 19 heavy (non-hydrogen) atoms. The zero-order valence-electron chi connectivity index (χ0n) is 10.7. The van der Waals surface area contributed by atoms with Crippen molar-refractivity contribution in [3.63, 3.8) is 0 Å². The lowest BCUT2D eigenvalue weighted by Crippen LogP contribution is -2.21. The Kier molecular flexibility index (Phi) is 3.15. The van der Waals surface area contributed by atoms with Crippen molar-refractivity contribution in [1.29, 1.82) is 0 Å². The molecule has 1 aromatic heterocycles. The lowest BCUT2D eigenvalue weighted by atomic mass is 10.0. The fraction of sp³-hybridized carbons (Fsp3) is 0.400. The van der Waals surface area contributed by atoms with E-state index in [1.54, 1.807) is 10.7 Å². The van der Waals surface area contributed by atoms with Crippen LogP contribution in [0.4, 0.5) is 0 Å². The smallest absolute Gasteiger partial charge is 0.207 e. The van der Waals surface area contributed by atoms with Crippen molar-refractivity contribution in [1.82, 2.24) is 9.78 Å². The Morgan fingerprint density at radius 1 is 1.26 bits per heavy atom. The minimum atomic E-state index is -0.0971. The summed E-state index contributed by atoms with van der Waals surface area (Å²) < 4.78 is 1.65. The van der Waals surface area contributed by atoms with E-state index in [0.717, 1.165) is 31.2 Å². The van der Waals surface area contributed by atoms with Crippen LogP contribution in [0, 0.1) is 5.92 Å². The molecule has 4 heteroatoms. The summed E-state index contributed by atoms with van der Waals surface area (Å²) in [6.07, 6.45) is 5.59. The highest BCUT2D eigenvalue weighted by atomic mass is 16.1. The summed E-state index contributed by atoms with van der Waals surface area (Å²) in [5, 5.41) is 4.72. The summed E-state index contributed by atoms with van der Waals surface area (Å²) in [6.45, 7) is 0.269. The molecule has 1 fully saturated rings. The van der Waals surface area contributed by atoms with Crippen LogP contribution in [0.2, 0.25) is 0 Å². The van der Waals surface area contributed by atoms with E-state index in [-0.39, 0.29) is 23.7 Å². The topological polar surface area (TPSA) is 52.0 Å². The zero-order chi connectivity index (χ0) is 13.2. The molecule has 0 bridgehead atoms. The predicted octanol–water partition coefficient (Wildman–Crippen LogP) is 2.16. The third-order valence-corrected chi connectivity index (χ3v) is 3.88. The Balaban J connectivity index is 1.95. The van der Waals surface area contributed by atoms with Crippen molar-refractivity contribution in [2.45, 2.75) is 32.2 Å². The van der Waals surface area contributed by atoms with Crippen LogP contribution in [0.15, 0.2) is 35.3 Å². The van der Waals surface area contributed by atoms with Crippen LogP contribution < -0.4 is 5.43 Å². The number of ketones is 1. The molecule has 0 radical (unpaired) electrons. The standard InChI is InChI=1S/C15H16N2O2/c18-14-9-16-17(13-8-4-3-7-12(13)14)10-15(19)11-5-1-2-6-11/h3-4,7-9,11H,1-2,5-6,10H2. The van der Waals surface area contributed by atoms with Crippen molar-refractivity contribution in [2.24, 2.45) is 5.92 Å². The van der Waals surface area contributed by atoms with Crippen molar-refractivity contribution >= 4 is 16.7 Å². The Morgan fingerprint density at radius 2 is 2.00 bits per heavy atom. The highest BCUT2D eigenvalue weighted by Crippen LogP contribution is 2.26. The minimum Gasteiger partial charge on any atom is -0.297 e. The highest BCUT2D eigenvalue weighted by Gasteiger charge is 2.23. The zero-order valence-corrected chi connectivity index (χ0v) is 10.7. The maximum absolute atomic E-state index is 12.2. The van der Waals surface area contributed by atoms with Gasteiger partial charge in [-0.2, -0.15) is 5.10 Å². The highest BCUT2D eigenvalue weighted by molar-refractivity contribution is 5.84. The Hall–Kier alpha value is -1.97. The van der Waals surface area contributed by atoms with Crippen LogP contribution >= 0.6 is 0 Å². The fourth-order valence-corrected chi connectivity index (χ4v) is 2.81. The van der Waals surface area contributed by atoms with Gasteiger partial charge in [0.2, 0.25) is 5.43 Å². The number of carbonyl (C=O) groups is 1. The van der Waals surface area contributed by atoms with Crippen LogP contribution in [0.1, 0.15) is 25.7 Å². The molecule has 0 spiro atoms. The summed E-state index contributed by atoms with van der Waals surface area (Å²) in [7, 11) is 0. The van der Waals surface area contributed by atoms with E-state index in [4.69, 9.17) is 0 Å². The first-order chi connectivity index (χ1) is 9.25. The average molecular weight is 256 g/mol. The summed E-state index contributed by atoms with van der Waals surface area (Å²) in [6, 6.07) is 7.30. The number of rotatable bonds is 3. The van der Waals surface area contributed by atoms with E-state index in [9.17, 15) is 9.59 Å². The van der Waals surface area contributed by atoms with Crippen molar-refractivity contribution in [3.05, 3.63) is 40.7 Å². The number of hydrogen-bond donors (Lipinski definition) is 0. The van der Waals surface area contributed by atoms with Gasteiger partial charge in [0.15, 0.2) is 5.78 Å². The number of hydrogen-bond acceptors (Lipinski definition) is 3. The van der Waals surface area contributed by atoms with Gasteiger partial charge < -0.3 is 0 Å². The Labute approximate surface area is 111 Å². The minimum absolute atomic E-state index is 0.0971. The lowest BCUT2D eigenvalue weighted by Gasteiger charge is -2.11. The maximum Gasteiger partial charge on any atom is 0.207 e. The molecule has 1 heterocycles. The molecule has 0 amide bonds. The van der Waals surface area contributed by atoms with E-state index in [0.29, 0.717) is 5.39 Å². The van der Waals surface area contributed by atoms with Crippen LogP contribution in [-0.4, -0.2) is 15.6 Å². The quantitative estimate of drug-likeness (QED) is 0.845. The van der Waals surface area contributed by atoms with Gasteiger partial charge in [0.05, 0.1) is 11.7 Å². The lowest BCUT2D eigenvalue weighted by molar-refractivity contribution is -0.123. The summed E-state index contributed by atoms with van der Waals surface area (Å²) in [5.41, 5.74) is 0.640. The van der Waals surface area contributed by atoms with Crippen molar-refractivity contribution in [3.8, 4) is 0 Å². The average Bonchev–Trinajstić information content (AvgIpc) is 2.96. The van der Waals surface area contributed by atoms with E-state index >= 15 is 0 Å². The number of benzene rings is 1. The summed E-state index contributed by atoms with van der Waals surface area (Å²) in [5.74, 6) is 0.416. The summed E-state index contributed by atoms with van der Waals surface area (Å²) >= 11 is 0. The van der Waals surface area contributed by atoms with Gasteiger partial charge in [-0.1, -0.05) is 25.0 Å². The molecule has 1 aromatic carbocycles. The van der Waals surface area contributed by atoms with Gasteiger partial charge in [0.25, 0.3) is 0 Å². The number of carbonyl (C=O) groups excluding carboxylic acids is 1. The molecule has 4 nitrogen and oxygen atoms in total. The van der Waals surface area contributed by atoms with Gasteiger partial charge in [0, 0.05) is 11.3 Å². The van der Waals surface area contributed by atoms with Gasteiger partial charge >= 0.3 is 0 Å². The third-order valence-electron chi connectivity index (χ3n) is 3.88. The number of para-hydroxylation sites is 1. The Morgan fingerprint density at radius 3 is 2.79 bits per heavy atom. The maximum atomic E-state index is 12.2. The van der Waals surface area contributed by atoms with E-state index in [1.165, 1.54) is 6.20 Å². The second-order valence-corrected chi connectivity index (χ2v) is 5.13. The molecule has 0 unspecified atom stereocenters. The molecular weight excluding hydrogens is 240 g/mol. The van der Waals surface area contributed by atoms with Gasteiger partial charge in [-0.05, 0) is 25.0 Å². The third kappa shape index (κ3) is 2.30. The molecular formula is C15H16N2O2. The first-order valence-electron chi connectivity index (χ1n) is 6.73. The van der Waals surface area contributed by atoms with Crippen LogP contribution in [0.25, 0.3) is 10.9 Å². The number of aromatic nitrogens is 2. The number of Topliss-reactive ketones (excluding diaryl/α,β-unsaturated/α-hetero) is 1. The fourth-order valence-electron chi connectivity index (χ4n) is 2.81. The SMILES string of the molecule is O=C(Cn1ncc(=O)c2ccccc21)C1CCCC1. The molecule has 1 saturated carbocycles. The largest absolute Gasteiger partial charge is 0.297 e. The number of nitrogens with zero attached hydrogens (tertiary/aromatic N) is 2. The molecule has 0 atom stereocenters. The van der Waals surface area contributed by atoms with Crippen LogP contribution in [-0.2, 0) is 11.3 Å². The molecule has 98 valence electrons. The summed E-state index contributed by atoms with van der Waals surface area (Å²) in [4.78, 5) is 23.9. The molecule has 0 aliphatic heterocycles. The first kappa shape index (κ1) is 12.1. The van der Waals surface area contributed by atoms with Crippen LogP contribution in [0.5, 0.6) is 0 Å². The molecule has 3 rings (SSSR count). The van der Waals surface area contributed by atoms with Crippen LogP contribution in [0.3, 0.4) is 0 Å². The molecule has 1 aliphatic carbocycles. The van der Waals surface area contributed by atoms with Gasteiger partial charge in [-0.25, -0.2) is 0 Å².